The second-order valence-electron chi connectivity index (χ2n) is 5.08. The van der Waals surface area contributed by atoms with Crippen LogP contribution in [-0.4, -0.2) is 31.4 Å². The molecule has 0 spiro atoms. The van der Waals surface area contributed by atoms with Gasteiger partial charge in [0.25, 0.3) is 0 Å². The van der Waals surface area contributed by atoms with Crippen molar-refractivity contribution in [3.8, 4) is 5.75 Å². The van der Waals surface area contributed by atoms with Crippen molar-refractivity contribution in [3.63, 3.8) is 0 Å². The summed E-state index contributed by atoms with van der Waals surface area (Å²) < 4.78 is 10.2. The van der Waals surface area contributed by atoms with E-state index in [0.717, 1.165) is 18.4 Å². The van der Waals surface area contributed by atoms with E-state index >= 15 is 0 Å². The van der Waals surface area contributed by atoms with Gasteiger partial charge in [-0.1, -0.05) is 25.5 Å². The molecule has 6 heteroatoms. The summed E-state index contributed by atoms with van der Waals surface area (Å²) in [6.07, 6.45) is 0.418. The monoisotopic (exact) mass is 308 g/mol. The highest BCUT2D eigenvalue weighted by Gasteiger charge is 2.11. The molecular formula is C16H24N2O4. The van der Waals surface area contributed by atoms with Gasteiger partial charge in [0, 0.05) is 6.54 Å². The van der Waals surface area contributed by atoms with E-state index in [9.17, 15) is 9.59 Å². The topological polar surface area (TPSA) is 76.7 Å². The van der Waals surface area contributed by atoms with E-state index in [0.29, 0.717) is 12.3 Å². The third-order valence-electron chi connectivity index (χ3n) is 2.84. The molecule has 0 unspecified atom stereocenters. The van der Waals surface area contributed by atoms with Crippen LogP contribution in [0.2, 0.25) is 0 Å². The zero-order chi connectivity index (χ0) is 16.4. The lowest BCUT2D eigenvalue weighted by Gasteiger charge is -2.14. The number of hydrogen-bond donors (Lipinski definition) is 2. The quantitative estimate of drug-likeness (QED) is 0.759. The van der Waals surface area contributed by atoms with Crippen LogP contribution in [0.5, 0.6) is 5.75 Å². The van der Waals surface area contributed by atoms with E-state index < -0.39 is 18.3 Å². The Bertz CT molecular complexity index is 491. The van der Waals surface area contributed by atoms with Gasteiger partial charge in [-0.3, -0.25) is 0 Å². The first-order chi connectivity index (χ1) is 10.5. The Labute approximate surface area is 131 Å². The van der Waals surface area contributed by atoms with E-state index in [4.69, 9.17) is 9.47 Å². The van der Waals surface area contributed by atoms with Crippen molar-refractivity contribution in [2.75, 3.05) is 13.1 Å². The lowest BCUT2D eigenvalue weighted by molar-refractivity contribution is 0.105. The molecule has 1 atom stereocenters. The van der Waals surface area contributed by atoms with Crippen molar-refractivity contribution in [2.45, 2.75) is 39.7 Å². The number of nitrogens with one attached hydrogen (secondary N) is 2. The van der Waals surface area contributed by atoms with Gasteiger partial charge in [-0.2, -0.15) is 0 Å². The molecule has 0 saturated heterocycles. The van der Waals surface area contributed by atoms with Crippen molar-refractivity contribution in [3.05, 3.63) is 29.8 Å². The Morgan fingerprint density at radius 3 is 2.68 bits per heavy atom. The Hall–Kier alpha value is -2.24. The summed E-state index contributed by atoms with van der Waals surface area (Å²) in [6, 6.07) is 7.19. The van der Waals surface area contributed by atoms with Gasteiger partial charge in [-0.05, 0) is 38.0 Å². The molecule has 0 aliphatic heterocycles. The van der Waals surface area contributed by atoms with Crippen LogP contribution in [0.25, 0.3) is 0 Å². The predicted octanol–water partition coefficient (Wildman–Crippen LogP) is 3.00. The maximum Gasteiger partial charge on any atom is 0.412 e. The number of carbonyl (C=O) groups excluding carboxylic acids is 2. The molecule has 1 aromatic rings. The number of ether oxygens (including phenoxy) is 2. The molecule has 122 valence electrons. The minimum Gasteiger partial charge on any atom is -0.445 e. The fraction of sp³-hybridized carbons (Fsp3) is 0.500. The first-order valence-corrected chi connectivity index (χ1v) is 7.48. The number of rotatable bonds is 7. The van der Waals surface area contributed by atoms with E-state index in [1.54, 1.807) is 19.1 Å². The molecule has 2 amide bonds. The number of benzene rings is 1. The molecule has 2 N–H and O–H groups in total. The summed E-state index contributed by atoms with van der Waals surface area (Å²) in [7, 11) is 0. The van der Waals surface area contributed by atoms with E-state index in [2.05, 4.69) is 10.6 Å². The molecule has 1 rings (SSSR count). The van der Waals surface area contributed by atoms with Crippen LogP contribution in [0.3, 0.4) is 0 Å². The maximum atomic E-state index is 11.6. The molecule has 22 heavy (non-hydrogen) atoms. The van der Waals surface area contributed by atoms with Crippen LogP contribution < -0.4 is 15.4 Å². The lowest BCUT2D eigenvalue weighted by atomic mass is 10.2. The molecule has 0 fully saturated rings. The second-order valence-corrected chi connectivity index (χ2v) is 5.08. The van der Waals surface area contributed by atoms with E-state index in [1.807, 2.05) is 26.0 Å². The maximum absolute atomic E-state index is 11.6. The summed E-state index contributed by atoms with van der Waals surface area (Å²) in [4.78, 5) is 23.1. The number of alkyl carbamates (subject to hydrolysis) is 1. The van der Waals surface area contributed by atoms with Crippen LogP contribution in [0, 0.1) is 6.92 Å². The Morgan fingerprint density at radius 1 is 1.23 bits per heavy atom. The minimum absolute atomic E-state index is 0.186. The van der Waals surface area contributed by atoms with Crippen LogP contribution >= 0.6 is 0 Å². The van der Waals surface area contributed by atoms with Gasteiger partial charge in [-0.25, -0.2) is 9.59 Å². The average molecular weight is 308 g/mol. The molecule has 0 aliphatic rings. The van der Waals surface area contributed by atoms with E-state index in [1.165, 1.54) is 0 Å². The second kappa shape index (κ2) is 9.65. The molecule has 0 bridgehead atoms. The highest BCUT2D eigenvalue weighted by Crippen LogP contribution is 2.12. The molecular weight excluding hydrogens is 284 g/mol. The van der Waals surface area contributed by atoms with Crippen molar-refractivity contribution < 1.29 is 19.1 Å². The molecule has 0 saturated carbocycles. The van der Waals surface area contributed by atoms with Crippen molar-refractivity contribution in [1.29, 1.82) is 0 Å². The predicted molar refractivity (Wildman–Crippen MR) is 84.1 cm³/mol. The number of unbranched alkanes of at least 4 members (excludes halogenated alkanes) is 1. The van der Waals surface area contributed by atoms with Gasteiger partial charge in [0.05, 0.1) is 6.54 Å². The molecule has 1 aromatic carbocycles. The summed E-state index contributed by atoms with van der Waals surface area (Å²) in [5, 5.41) is 5.20. The van der Waals surface area contributed by atoms with Crippen LogP contribution in [-0.2, 0) is 4.74 Å². The Balaban J connectivity index is 2.24. The van der Waals surface area contributed by atoms with Gasteiger partial charge in [0.15, 0.2) is 0 Å². The number of aryl methyl sites for hydroxylation is 1. The normalized spacial score (nSPS) is 11.4. The fourth-order valence-corrected chi connectivity index (χ4v) is 1.68. The minimum atomic E-state index is -0.576. The number of carbonyl (C=O) groups is 2. The van der Waals surface area contributed by atoms with E-state index in [-0.39, 0.29) is 6.54 Å². The molecule has 6 nitrogen and oxygen atoms in total. The highest BCUT2D eigenvalue weighted by atomic mass is 16.6. The fourth-order valence-electron chi connectivity index (χ4n) is 1.68. The summed E-state index contributed by atoms with van der Waals surface area (Å²) in [5.74, 6) is 0.475. The largest absolute Gasteiger partial charge is 0.445 e. The number of hydrogen-bond acceptors (Lipinski definition) is 4. The smallest absolute Gasteiger partial charge is 0.412 e. The lowest BCUT2D eigenvalue weighted by Crippen LogP contribution is -2.37. The van der Waals surface area contributed by atoms with Crippen LogP contribution in [0.1, 0.15) is 32.3 Å². The van der Waals surface area contributed by atoms with Crippen LogP contribution in [0.4, 0.5) is 9.59 Å². The Morgan fingerprint density at radius 2 is 2.00 bits per heavy atom. The van der Waals surface area contributed by atoms with Gasteiger partial charge in [0.1, 0.15) is 11.9 Å². The first kappa shape index (κ1) is 17.8. The van der Waals surface area contributed by atoms with Crippen molar-refractivity contribution >= 4 is 12.2 Å². The van der Waals surface area contributed by atoms with Gasteiger partial charge in [-0.15, -0.1) is 0 Å². The van der Waals surface area contributed by atoms with Crippen molar-refractivity contribution in [1.82, 2.24) is 10.6 Å². The summed E-state index contributed by atoms with van der Waals surface area (Å²) in [5.41, 5.74) is 1.01. The van der Waals surface area contributed by atoms with Gasteiger partial charge < -0.3 is 20.1 Å². The standard InChI is InChI=1S/C16H24N2O4/c1-4-5-9-17-15(19)21-13(3)11-18-16(20)22-14-8-6-7-12(2)10-14/h6-8,10,13H,4-5,9,11H2,1-3H3,(H,17,19)(H,18,20)/t13-/m0/s1. The number of amides is 2. The molecule has 0 radical (unpaired) electrons. The first-order valence-electron chi connectivity index (χ1n) is 7.48. The van der Waals surface area contributed by atoms with Gasteiger partial charge >= 0.3 is 12.2 Å². The van der Waals surface area contributed by atoms with Gasteiger partial charge in [0.2, 0.25) is 0 Å². The zero-order valence-electron chi connectivity index (χ0n) is 13.3. The average Bonchev–Trinajstić information content (AvgIpc) is 2.45. The molecule has 0 aromatic heterocycles. The summed E-state index contributed by atoms with van der Waals surface area (Å²) in [6.45, 7) is 6.43. The Kier molecular flexibility index (Phi) is 7.81. The highest BCUT2D eigenvalue weighted by molar-refractivity contribution is 5.70. The zero-order valence-corrected chi connectivity index (χ0v) is 13.3. The van der Waals surface area contributed by atoms with Crippen LogP contribution in [0.15, 0.2) is 24.3 Å². The SMILES string of the molecule is CCCCNC(=O)O[C@@H](C)CNC(=O)Oc1cccc(C)c1. The third kappa shape index (κ3) is 7.52. The molecule has 0 heterocycles. The summed E-state index contributed by atoms with van der Waals surface area (Å²) >= 11 is 0. The molecule has 0 aliphatic carbocycles. The third-order valence-corrected chi connectivity index (χ3v) is 2.84. The van der Waals surface area contributed by atoms with Crippen molar-refractivity contribution in [2.24, 2.45) is 0 Å².